The van der Waals surface area contributed by atoms with Gasteiger partial charge < -0.3 is 15.0 Å². The van der Waals surface area contributed by atoms with E-state index < -0.39 is 10.0 Å². The summed E-state index contributed by atoms with van der Waals surface area (Å²) < 4.78 is 28.4. The third-order valence-corrected chi connectivity index (χ3v) is 6.74. The zero-order valence-electron chi connectivity index (χ0n) is 19.0. The zero-order valence-corrected chi connectivity index (χ0v) is 19.8. The molecule has 182 valence electrons. The SMILES string of the molecule is NS(=O)(=O)c1ccc(NC(=O)C2CCN(C(=O)c3ccnc(OCc4ccccc4)c3)CC2)cc1. The maximum atomic E-state index is 13.0. The Morgan fingerprint density at radius 1 is 1.03 bits per heavy atom. The lowest BCUT2D eigenvalue weighted by Crippen LogP contribution is -2.41. The van der Waals surface area contributed by atoms with E-state index >= 15 is 0 Å². The molecule has 2 amide bonds. The molecule has 1 fully saturated rings. The summed E-state index contributed by atoms with van der Waals surface area (Å²) in [6, 6.07) is 18.7. The first kappa shape index (κ1) is 24.4. The first-order valence-electron chi connectivity index (χ1n) is 11.2. The highest BCUT2D eigenvalue weighted by Gasteiger charge is 2.28. The molecular weight excluding hydrogens is 468 g/mol. The molecule has 1 aliphatic rings. The quantitative estimate of drug-likeness (QED) is 0.519. The molecule has 0 bridgehead atoms. The minimum atomic E-state index is -3.79. The maximum absolute atomic E-state index is 13.0. The van der Waals surface area contributed by atoms with Crippen LogP contribution in [0.1, 0.15) is 28.8 Å². The average molecular weight is 495 g/mol. The molecule has 9 nitrogen and oxygen atoms in total. The maximum Gasteiger partial charge on any atom is 0.254 e. The molecule has 1 saturated heterocycles. The standard InChI is InChI=1S/C25H26N4O5S/c26-35(32,33)22-8-6-21(7-9-22)28-24(30)19-11-14-29(15-12-19)25(31)20-10-13-27-23(16-20)34-17-18-4-2-1-3-5-18/h1-10,13,16,19H,11-12,14-15,17H2,(H,28,30)(H2,26,32,33). The van der Waals surface area contributed by atoms with E-state index in [1.165, 1.54) is 24.3 Å². The van der Waals surface area contributed by atoms with Crippen LogP contribution < -0.4 is 15.2 Å². The van der Waals surface area contributed by atoms with E-state index in [-0.39, 0.29) is 22.6 Å². The van der Waals surface area contributed by atoms with Crippen LogP contribution >= 0.6 is 0 Å². The Balaban J connectivity index is 1.29. The number of piperidine rings is 1. The lowest BCUT2D eigenvalue weighted by Gasteiger charge is -2.31. The minimum Gasteiger partial charge on any atom is -0.473 e. The second kappa shape index (κ2) is 10.7. The predicted octanol–water partition coefficient (Wildman–Crippen LogP) is 2.80. The van der Waals surface area contributed by atoms with Crippen LogP contribution in [0.3, 0.4) is 0 Å². The summed E-state index contributed by atoms with van der Waals surface area (Å²) >= 11 is 0. The van der Waals surface area contributed by atoms with Crippen LogP contribution in [0.25, 0.3) is 0 Å². The molecule has 0 aliphatic carbocycles. The van der Waals surface area contributed by atoms with Crippen LogP contribution in [0.4, 0.5) is 5.69 Å². The summed E-state index contributed by atoms with van der Waals surface area (Å²) in [5.74, 6) is -0.169. The molecule has 0 unspecified atom stereocenters. The number of sulfonamides is 1. The fourth-order valence-corrected chi connectivity index (χ4v) is 4.37. The number of pyridine rings is 1. The zero-order chi connectivity index (χ0) is 24.8. The average Bonchev–Trinajstić information content (AvgIpc) is 2.88. The van der Waals surface area contributed by atoms with Gasteiger partial charge in [-0.05, 0) is 48.7 Å². The molecular formula is C25H26N4O5S. The van der Waals surface area contributed by atoms with Gasteiger partial charge in [0.1, 0.15) is 6.61 Å². The van der Waals surface area contributed by atoms with E-state index in [4.69, 9.17) is 9.88 Å². The van der Waals surface area contributed by atoms with E-state index in [0.29, 0.717) is 49.7 Å². The molecule has 35 heavy (non-hydrogen) atoms. The molecule has 3 aromatic rings. The van der Waals surface area contributed by atoms with Crippen LogP contribution in [-0.2, 0) is 21.4 Å². The molecule has 10 heteroatoms. The third kappa shape index (κ3) is 6.43. The van der Waals surface area contributed by atoms with Crippen molar-refractivity contribution < 1.29 is 22.7 Å². The normalized spacial score (nSPS) is 14.4. The monoisotopic (exact) mass is 494 g/mol. The van der Waals surface area contributed by atoms with Gasteiger partial charge in [0.05, 0.1) is 4.90 Å². The number of likely N-dealkylation sites (tertiary alicyclic amines) is 1. The molecule has 0 spiro atoms. The Hall–Kier alpha value is -3.76. The highest BCUT2D eigenvalue weighted by Crippen LogP contribution is 2.22. The number of ether oxygens (including phenoxy) is 1. The van der Waals surface area contributed by atoms with Crippen LogP contribution in [0, 0.1) is 5.92 Å². The number of nitrogens with one attached hydrogen (secondary N) is 1. The fourth-order valence-electron chi connectivity index (χ4n) is 3.85. The van der Waals surface area contributed by atoms with E-state index in [0.717, 1.165) is 5.56 Å². The lowest BCUT2D eigenvalue weighted by atomic mass is 9.95. The van der Waals surface area contributed by atoms with Gasteiger partial charge in [-0.25, -0.2) is 18.5 Å². The number of nitrogens with two attached hydrogens (primary N) is 1. The summed E-state index contributed by atoms with van der Waals surface area (Å²) in [5, 5.41) is 7.89. The number of benzene rings is 2. The first-order chi connectivity index (χ1) is 16.8. The highest BCUT2D eigenvalue weighted by molar-refractivity contribution is 7.89. The van der Waals surface area contributed by atoms with Crippen molar-refractivity contribution in [2.24, 2.45) is 11.1 Å². The number of rotatable bonds is 7. The Kier molecular flexibility index (Phi) is 7.42. The number of amides is 2. The second-order valence-corrected chi connectivity index (χ2v) is 9.84. The second-order valence-electron chi connectivity index (χ2n) is 8.28. The Bertz CT molecular complexity index is 1290. The first-order valence-corrected chi connectivity index (χ1v) is 12.7. The number of nitrogens with zero attached hydrogens (tertiary/aromatic N) is 2. The van der Waals surface area contributed by atoms with Crippen molar-refractivity contribution in [1.82, 2.24) is 9.88 Å². The Morgan fingerprint density at radius 2 is 1.71 bits per heavy atom. The van der Waals surface area contributed by atoms with Gasteiger partial charge in [-0.3, -0.25) is 9.59 Å². The summed E-state index contributed by atoms with van der Waals surface area (Å²) in [6.07, 6.45) is 2.60. The molecule has 1 aliphatic heterocycles. The molecule has 0 atom stereocenters. The van der Waals surface area contributed by atoms with Gasteiger partial charge in [0.2, 0.25) is 21.8 Å². The van der Waals surface area contributed by atoms with Crippen LogP contribution in [0.15, 0.2) is 77.8 Å². The summed E-state index contributed by atoms with van der Waals surface area (Å²) in [4.78, 5) is 31.5. The smallest absolute Gasteiger partial charge is 0.254 e. The van der Waals surface area contributed by atoms with Crippen molar-refractivity contribution in [3.63, 3.8) is 0 Å². The van der Waals surface area contributed by atoms with Crippen LogP contribution in [-0.4, -0.2) is 43.2 Å². The highest BCUT2D eigenvalue weighted by atomic mass is 32.2. The number of anilines is 1. The van der Waals surface area contributed by atoms with E-state index in [9.17, 15) is 18.0 Å². The molecule has 4 rings (SSSR count). The van der Waals surface area contributed by atoms with Gasteiger partial charge in [-0.1, -0.05) is 30.3 Å². The Morgan fingerprint density at radius 3 is 2.37 bits per heavy atom. The largest absolute Gasteiger partial charge is 0.473 e. The number of hydrogen-bond donors (Lipinski definition) is 2. The summed E-state index contributed by atoms with van der Waals surface area (Å²) in [6.45, 7) is 1.25. The fraction of sp³-hybridized carbons (Fsp3) is 0.240. The van der Waals surface area contributed by atoms with Gasteiger partial charge in [-0.2, -0.15) is 0 Å². The van der Waals surface area contributed by atoms with Crippen LogP contribution in [0.5, 0.6) is 5.88 Å². The van der Waals surface area contributed by atoms with Crippen molar-refractivity contribution >= 4 is 27.5 Å². The van der Waals surface area contributed by atoms with Crippen molar-refractivity contribution in [2.75, 3.05) is 18.4 Å². The van der Waals surface area contributed by atoms with E-state index in [1.807, 2.05) is 30.3 Å². The molecule has 2 aromatic carbocycles. The number of aromatic nitrogens is 1. The summed E-state index contributed by atoms with van der Waals surface area (Å²) in [5.41, 5.74) is 1.98. The number of carbonyl (C=O) groups is 2. The number of carbonyl (C=O) groups excluding carboxylic acids is 2. The molecule has 0 radical (unpaired) electrons. The third-order valence-electron chi connectivity index (χ3n) is 5.81. The number of primary sulfonamides is 1. The predicted molar refractivity (Wildman–Crippen MR) is 130 cm³/mol. The number of hydrogen-bond acceptors (Lipinski definition) is 6. The van der Waals surface area contributed by atoms with Gasteiger partial charge >= 0.3 is 0 Å². The van der Waals surface area contributed by atoms with Gasteiger partial charge in [0.15, 0.2) is 0 Å². The minimum absolute atomic E-state index is 0.0212. The van der Waals surface area contributed by atoms with Crippen LogP contribution in [0.2, 0.25) is 0 Å². The van der Waals surface area contributed by atoms with Crippen molar-refractivity contribution in [3.8, 4) is 5.88 Å². The Labute approximate surface area is 204 Å². The topological polar surface area (TPSA) is 132 Å². The molecule has 3 N–H and O–H groups in total. The summed E-state index contributed by atoms with van der Waals surface area (Å²) in [7, 11) is -3.79. The molecule has 2 heterocycles. The van der Waals surface area contributed by atoms with Crippen molar-refractivity contribution in [1.29, 1.82) is 0 Å². The van der Waals surface area contributed by atoms with Gasteiger partial charge in [0.25, 0.3) is 5.91 Å². The van der Waals surface area contributed by atoms with Crippen molar-refractivity contribution in [3.05, 3.63) is 84.1 Å². The van der Waals surface area contributed by atoms with Gasteiger partial charge in [0, 0.05) is 42.5 Å². The van der Waals surface area contributed by atoms with E-state index in [2.05, 4.69) is 10.3 Å². The molecule has 1 aromatic heterocycles. The van der Waals surface area contributed by atoms with Crippen molar-refractivity contribution in [2.45, 2.75) is 24.3 Å². The van der Waals surface area contributed by atoms with Gasteiger partial charge in [-0.15, -0.1) is 0 Å². The van der Waals surface area contributed by atoms with E-state index in [1.54, 1.807) is 23.2 Å². The lowest BCUT2D eigenvalue weighted by molar-refractivity contribution is -0.121. The molecule has 0 saturated carbocycles.